The Balaban J connectivity index is 1.72. The zero-order chi connectivity index (χ0) is 19.7. The molecule has 0 bridgehead atoms. The average Bonchev–Trinajstić information content (AvgIpc) is 3.24. The summed E-state index contributed by atoms with van der Waals surface area (Å²) in [7, 11) is 0. The van der Waals surface area contributed by atoms with Crippen LogP contribution in [0.5, 0.6) is 0 Å². The van der Waals surface area contributed by atoms with E-state index in [1.165, 1.54) is 16.9 Å². The normalized spacial score (nSPS) is 11.0. The molecule has 142 valence electrons. The van der Waals surface area contributed by atoms with E-state index in [-0.39, 0.29) is 12.4 Å². The summed E-state index contributed by atoms with van der Waals surface area (Å²) in [4.78, 5) is 11.9. The van der Waals surface area contributed by atoms with Crippen LogP contribution in [0.25, 0.3) is 0 Å². The second-order valence-electron chi connectivity index (χ2n) is 5.65. The molecule has 1 amide bonds. The first-order chi connectivity index (χ1) is 12.8. The van der Waals surface area contributed by atoms with Crippen LogP contribution in [0.15, 0.2) is 24.5 Å². The fourth-order valence-electron chi connectivity index (χ4n) is 2.35. The van der Waals surface area contributed by atoms with Crippen LogP contribution in [-0.4, -0.2) is 25.5 Å². The predicted molar refractivity (Wildman–Crippen MR) is 83.2 cm³/mol. The number of amides is 1. The fourth-order valence-corrected chi connectivity index (χ4v) is 2.35. The number of benzene rings is 1. The van der Waals surface area contributed by atoms with Gasteiger partial charge in [-0.2, -0.15) is 10.2 Å². The fraction of sp³-hybridized carbons (Fsp3) is 0.188. The number of anilines is 1. The van der Waals surface area contributed by atoms with Crippen molar-refractivity contribution in [1.29, 1.82) is 0 Å². The number of aryl methyl sites for hydroxylation is 1. The highest BCUT2D eigenvalue weighted by molar-refractivity contribution is 5.89. The number of carbonyl (C=O) groups is 1. The Morgan fingerprint density at radius 2 is 1.52 bits per heavy atom. The number of aromatic nitrogens is 4. The first-order valence-corrected chi connectivity index (χ1v) is 7.60. The first-order valence-electron chi connectivity index (χ1n) is 7.60. The largest absolute Gasteiger partial charge is 0.308 e. The van der Waals surface area contributed by atoms with E-state index in [2.05, 4.69) is 15.5 Å². The van der Waals surface area contributed by atoms with Gasteiger partial charge in [-0.3, -0.25) is 14.2 Å². The van der Waals surface area contributed by atoms with E-state index in [1.807, 2.05) is 0 Å². The van der Waals surface area contributed by atoms with Gasteiger partial charge < -0.3 is 5.32 Å². The molecule has 1 N–H and O–H groups in total. The Bertz CT molecular complexity index is 984. The molecule has 1 aromatic carbocycles. The zero-order valence-electron chi connectivity index (χ0n) is 13.8. The smallest absolute Gasteiger partial charge is 0.247 e. The summed E-state index contributed by atoms with van der Waals surface area (Å²) in [5.41, 5.74) is -0.297. The van der Waals surface area contributed by atoms with Crippen LogP contribution in [0, 0.1) is 36.0 Å². The molecule has 0 spiro atoms. The van der Waals surface area contributed by atoms with Gasteiger partial charge in [-0.15, -0.1) is 0 Å². The highest BCUT2D eigenvalue weighted by Gasteiger charge is 2.25. The number of halogens is 5. The topological polar surface area (TPSA) is 64.7 Å². The van der Waals surface area contributed by atoms with Crippen LogP contribution in [0.3, 0.4) is 0 Å². The van der Waals surface area contributed by atoms with E-state index in [9.17, 15) is 26.7 Å². The lowest BCUT2D eigenvalue weighted by Crippen LogP contribution is -2.19. The van der Waals surface area contributed by atoms with Crippen molar-refractivity contribution in [3.63, 3.8) is 0 Å². The van der Waals surface area contributed by atoms with Gasteiger partial charge in [-0.05, 0) is 13.0 Å². The average molecular weight is 385 g/mol. The lowest BCUT2D eigenvalue weighted by molar-refractivity contribution is -0.116. The summed E-state index contributed by atoms with van der Waals surface area (Å²) < 4.78 is 69.3. The summed E-state index contributed by atoms with van der Waals surface area (Å²) in [6.45, 7) is 0.966. The third-order valence-electron chi connectivity index (χ3n) is 3.61. The van der Waals surface area contributed by atoms with Crippen molar-refractivity contribution in [3.05, 3.63) is 64.9 Å². The molecule has 2 heterocycles. The minimum absolute atomic E-state index is 0.0488. The van der Waals surface area contributed by atoms with Crippen LogP contribution in [0.4, 0.5) is 27.8 Å². The second-order valence-corrected chi connectivity index (χ2v) is 5.65. The second kappa shape index (κ2) is 7.17. The molecule has 0 aliphatic heterocycles. The first kappa shape index (κ1) is 18.5. The molecule has 6 nitrogen and oxygen atoms in total. The van der Waals surface area contributed by atoms with Crippen molar-refractivity contribution in [3.8, 4) is 0 Å². The molecular formula is C16H12F5N5O. The highest BCUT2D eigenvalue weighted by atomic mass is 19.2. The van der Waals surface area contributed by atoms with Gasteiger partial charge in [0, 0.05) is 18.5 Å². The maximum Gasteiger partial charge on any atom is 0.247 e. The molecule has 3 rings (SSSR count). The summed E-state index contributed by atoms with van der Waals surface area (Å²) in [6, 6.07) is 3.03. The van der Waals surface area contributed by atoms with Crippen LogP contribution in [-0.2, 0) is 17.9 Å². The molecule has 0 saturated heterocycles. The van der Waals surface area contributed by atoms with Crippen molar-refractivity contribution >= 4 is 11.7 Å². The third-order valence-corrected chi connectivity index (χ3v) is 3.61. The van der Waals surface area contributed by atoms with E-state index >= 15 is 0 Å². The molecule has 3 aromatic rings. The van der Waals surface area contributed by atoms with Crippen LogP contribution < -0.4 is 5.32 Å². The maximum absolute atomic E-state index is 13.7. The SMILES string of the molecule is Cc1ccn(CC(=O)Nc2ccn(Cc3c(F)c(F)c(F)c(F)c3F)n2)n1. The molecule has 0 unspecified atom stereocenters. The molecule has 27 heavy (non-hydrogen) atoms. The van der Waals surface area contributed by atoms with Gasteiger partial charge in [0.1, 0.15) is 6.54 Å². The van der Waals surface area contributed by atoms with Crippen molar-refractivity contribution in [2.75, 3.05) is 5.32 Å². The van der Waals surface area contributed by atoms with Crippen molar-refractivity contribution < 1.29 is 26.7 Å². The van der Waals surface area contributed by atoms with Gasteiger partial charge in [0.2, 0.25) is 11.7 Å². The lowest BCUT2D eigenvalue weighted by Gasteiger charge is -2.08. The van der Waals surface area contributed by atoms with E-state index in [4.69, 9.17) is 0 Å². The van der Waals surface area contributed by atoms with Crippen molar-refractivity contribution in [1.82, 2.24) is 19.6 Å². The number of carbonyl (C=O) groups excluding carboxylic acids is 1. The summed E-state index contributed by atoms with van der Waals surface area (Å²) in [5.74, 6) is -10.6. The molecule has 0 saturated carbocycles. The monoisotopic (exact) mass is 385 g/mol. The summed E-state index contributed by atoms with van der Waals surface area (Å²) in [5, 5.41) is 10.3. The summed E-state index contributed by atoms with van der Waals surface area (Å²) in [6.07, 6.45) is 2.84. The van der Waals surface area contributed by atoms with Crippen LogP contribution in [0.2, 0.25) is 0 Å². The van der Waals surface area contributed by atoms with Gasteiger partial charge in [0.15, 0.2) is 29.1 Å². The van der Waals surface area contributed by atoms with E-state index in [0.717, 1.165) is 10.4 Å². The Morgan fingerprint density at radius 3 is 2.11 bits per heavy atom. The Labute approximate surface area is 149 Å². The molecule has 2 aromatic heterocycles. The lowest BCUT2D eigenvalue weighted by atomic mass is 10.1. The van der Waals surface area contributed by atoms with Crippen LogP contribution in [0.1, 0.15) is 11.3 Å². The molecular weight excluding hydrogens is 373 g/mol. The van der Waals surface area contributed by atoms with Crippen LogP contribution >= 0.6 is 0 Å². The van der Waals surface area contributed by atoms with Gasteiger partial charge in [0.05, 0.1) is 17.8 Å². The molecule has 0 atom stereocenters. The van der Waals surface area contributed by atoms with Crippen molar-refractivity contribution in [2.45, 2.75) is 20.0 Å². The van der Waals surface area contributed by atoms with Gasteiger partial charge in [0.25, 0.3) is 0 Å². The maximum atomic E-state index is 13.7. The molecule has 0 radical (unpaired) electrons. The molecule has 0 aliphatic rings. The van der Waals surface area contributed by atoms with Crippen molar-refractivity contribution in [2.24, 2.45) is 0 Å². The van der Waals surface area contributed by atoms with E-state index in [1.54, 1.807) is 19.2 Å². The summed E-state index contributed by atoms with van der Waals surface area (Å²) >= 11 is 0. The van der Waals surface area contributed by atoms with E-state index in [0.29, 0.717) is 0 Å². The quantitative estimate of drug-likeness (QED) is 0.417. The minimum atomic E-state index is -2.23. The predicted octanol–water partition coefficient (Wildman–Crippen LogP) is 2.77. The van der Waals surface area contributed by atoms with Gasteiger partial charge in [-0.25, -0.2) is 22.0 Å². The molecule has 0 fully saturated rings. The number of nitrogens with one attached hydrogen (secondary N) is 1. The van der Waals surface area contributed by atoms with Gasteiger partial charge >= 0.3 is 0 Å². The third kappa shape index (κ3) is 3.81. The number of hydrogen-bond acceptors (Lipinski definition) is 3. The minimum Gasteiger partial charge on any atom is -0.308 e. The van der Waals surface area contributed by atoms with Gasteiger partial charge in [-0.1, -0.05) is 0 Å². The Morgan fingerprint density at radius 1 is 0.926 bits per heavy atom. The standard InChI is InChI=1S/C16H12F5N5O/c1-8-2-4-26(23-8)7-11(27)22-10-3-5-25(24-10)6-9-12(17)14(19)16(21)15(20)13(9)18/h2-5H,6-7H2,1H3,(H,22,24,27). The highest BCUT2D eigenvalue weighted by Crippen LogP contribution is 2.23. The number of hydrogen-bond donors (Lipinski definition) is 1. The molecule has 0 aliphatic carbocycles. The zero-order valence-corrected chi connectivity index (χ0v) is 13.8. The van der Waals surface area contributed by atoms with E-state index < -0.39 is 47.1 Å². The number of rotatable bonds is 5. The molecule has 11 heteroatoms. The Kier molecular flexibility index (Phi) is 4.93. The number of nitrogens with zero attached hydrogens (tertiary/aromatic N) is 4. The Hall–Kier alpha value is -3.24.